The molecule has 0 fully saturated rings. The molecule has 4 atom stereocenters. The molecular formula is C28H33ClN2O9. The topological polar surface area (TPSA) is 185 Å². The van der Waals surface area contributed by atoms with E-state index in [1.807, 2.05) is 6.92 Å². The number of ketones is 2. The van der Waals surface area contributed by atoms with E-state index in [1.54, 1.807) is 30.4 Å². The van der Waals surface area contributed by atoms with E-state index in [4.69, 9.17) is 22.1 Å². The molecule has 0 saturated heterocycles. The summed E-state index contributed by atoms with van der Waals surface area (Å²) in [6.45, 7) is 4.31. The molecule has 4 unspecified atom stereocenters. The molecule has 1 aliphatic heterocycles. The highest BCUT2D eigenvalue weighted by atomic mass is 35.5. The van der Waals surface area contributed by atoms with Crippen molar-refractivity contribution in [3.63, 3.8) is 0 Å². The van der Waals surface area contributed by atoms with Crippen LogP contribution >= 0.6 is 11.6 Å². The fourth-order valence-electron chi connectivity index (χ4n) is 4.13. The summed E-state index contributed by atoms with van der Waals surface area (Å²) in [5.74, 6) is -5.04. The van der Waals surface area contributed by atoms with Crippen molar-refractivity contribution in [1.29, 1.82) is 0 Å². The Morgan fingerprint density at radius 1 is 1.15 bits per heavy atom. The van der Waals surface area contributed by atoms with Crippen LogP contribution in [0.1, 0.15) is 46.5 Å². The van der Waals surface area contributed by atoms with Gasteiger partial charge in [0.05, 0.1) is 23.7 Å². The Morgan fingerprint density at radius 3 is 2.38 bits per heavy atom. The van der Waals surface area contributed by atoms with Crippen molar-refractivity contribution in [2.75, 3.05) is 0 Å². The maximum absolute atomic E-state index is 13.6. The standard InChI is InChI=1S/C28H33ClN2O9/c1-4-5-6-7-8-9-17-13-19-20(15-31(17)21(27(38)39)10-11-22(30)34)25(36)28(3,26(37)24(19)29)40-23(35)14-18(33)12-16(2)32/h4-9,13,15-16,18,21,32-33H,10-12,14H2,1-3H3,(H2,30,34)(H,38,39). The molecule has 0 aromatic carbocycles. The van der Waals surface area contributed by atoms with Gasteiger partial charge in [-0.15, -0.1) is 0 Å². The summed E-state index contributed by atoms with van der Waals surface area (Å²) in [6, 6.07) is -1.33. The lowest BCUT2D eigenvalue weighted by Crippen LogP contribution is -2.53. The molecule has 0 saturated carbocycles. The number of nitrogens with zero attached hydrogens (tertiary/aromatic N) is 1. The molecule has 1 aliphatic carbocycles. The van der Waals surface area contributed by atoms with Crippen LogP contribution in [0.3, 0.4) is 0 Å². The quantitative estimate of drug-likeness (QED) is 0.143. The number of carboxylic acids is 1. The van der Waals surface area contributed by atoms with Gasteiger partial charge in [0.2, 0.25) is 23.1 Å². The highest BCUT2D eigenvalue weighted by Crippen LogP contribution is 2.40. The van der Waals surface area contributed by atoms with E-state index in [0.29, 0.717) is 0 Å². The number of carbonyl (C=O) groups is 5. The Hall–Kier alpha value is -3.80. The van der Waals surface area contributed by atoms with E-state index >= 15 is 0 Å². The zero-order valence-corrected chi connectivity index (χ0v) is 23.1. The first-order valence-electron chi connectivity index (χ1n) is 12.5. The molecule has 2 rings (SSSR count). The van der Waals surface area contributed by atoms with E-state index < -0.39 is 64.7 Å². The van der Waals surface area contributed by atoms with E-state index in [2.05, 4.69) is 0 Å². The third-order valence-electron chi connectivity index (χ3n) is 6.11. The smallest absolute Gasteiger partial charge is 0.326 e. The average Bonchev–Trinajstić information content (AvgIpc) is 2.85. The van der Waals surface area contributed by atoms with Crippen LogP contribution in [-0.2, 0) is 28.7 Å². The van der Waals surface area contributed by atoms with E-state index in [0.717, 1.165) is 6.92 Å². The number of primary amides is 1. The van der Waals surface area contributed by atoms with Gasteiger partial charge >= 0.3 is 11.9 Å². The Balaban J connectivity index is 2.57. The minimum atomic E-state index is -2.39. The van der Waals surface area contributed by atoms with E-state index in [9.17, 15) is 39.3 Å². The average molecular weight is 577 g/mol. The number of nitrogens with two attached hydrogens (primary N) is 1. The van der Waals surface area contributed by atoms with Crippen molar-refractivity contribution >= 4 is 41.0 Å². The summed E-state index contributed by atoms with van der Waals surface area (Å²) >= 11 is 6.38. The Bertz CT molecular complexity index is 1240. The number of aliphatic hydroxyl groups excluding tert-OH is 2. The first-order valence-corrected chi connectivity index (χ1v) is 12.9. The zero-order chi connectivity index (χ0) is 30.2. The van der Waals surface area contributed by atoms with Crippen molar-refractivity contribution in [1.82, 2.24) is 4.90 Å². The second-order valence-electron chi connectivity index (χ2n) is 9.48. The summed E-state index contributed by atoms with van der Waals surface area (Å²) in [7, 11) is 0. The number of ether oxygens (including phenoxy) is 1. The predicted molar refractivity (Wildman–Crippen MR) is 145 cm³/mol. The van der Waals surface area contributed by atoms with Crippen molar-refractivity contribution in [3.8, 4) is 0 Å². The lowest BCUT2D eigenvalue weighted by atomic mass is 9.79. The number of Topliss-reactive ketones (excluding diaryl/α,β-unsaturated/α-hetero) is 2. The lowest BCUT2D eigenvalue weighted by molar-refractivity contribution is -0.170. The number of carboxylic acid groups (broad SMARTS) is 1. The first-order chi connectivity index (χ1) is 18.7. The fourth-order valence-corrected chi connectivity index (χ4v) is 4.46. The van der Waals surface area contributed by atoms with Gasteiger partial charge in [0.25, 0.3) is 0 Å². The van der Waals surface area contributed by atoms with Gasteiger partial charge in [0.15, 0.2) is 0 Å². The predicted octanol–water partition coefficient (Wildman–Crippen LogP) is 1.95. The molecular weight excluding hydrogens is 544 g/mol. The van der Waals surface area contributed by atoms with E-state index in [-0.39, 0.29) is 36.1 Å². The van der Waals surface area contributed by atoms with Gasteiger partial charge in [-0.2, -0.15) is 0 Å². The number of amides is 1. The van der Waals surface area contributed by atoms with Crippen LogP contribution in [0.5, 0.6) is 0 Å². The number of allylic oxidation sites excluding steroid dienone is 8. The van der Waals surface area contributed by atoms with Crippen LogP contribution < -0.4 is 5.73 Å². The number of hydrogen-bond acceptors (Lipinski definition) is 9. The summed E-state index contributed by atoms with van der Waals surface area (Å²) in [4.78, 5) is 64.2. The summed E-state index contributed by atoms with van der Waals surface area (Å²) in [5, 5.41) is 28.9. The Labute approximate surface area is 236 Å². The number of carbonyl (C=O) groups excluding carboxylic acids is 4. The molecule has 2 aliphatic rings. The maximum Gasteiger partial charge on any atom is 0.326 e. The molecule has 40 heavy (non-hydrogen) atoms. The van der Waals surface area contributed by atoms with Crippen LogP contribution in [0.4, 0.5) is 0 Å². The largest absolute Gasteiger partial charge is 0.480 e. The van der Waals surface area contributed by atoms with Crippen molar-refractivity contribution in [2.45, 2.75) is 70.3 Å². The maximum atomic E-state index is 13.6. The monoisotopic (exact) mass is 576 g/mol. The molecule has 0 aromatic heterocycles. The van der Waals surface area contributed by atoms with Crippen LogP contribution in [0, 0.1) is 0 Å². The highest BCUT2D eigenvalue weighted by molar-refractivity contribution is 6.49. The molecule has 0 bridgehead atoms. The number of halogens is 1. The second kappa shape index (κ2) is 14.0. The van der Waals surface area contributed by atoms with Crippen LogP contribution in [0.2, 0.25) is 0 Å². The number of esters is 1. The molecule has 216 valence electrons. The van der Waals surface area contributed by atoms with Gasteiger partial charge in [-0.25, -0.2) is 4.79 Å². The minimum Gasteiger partial charge on any atom is -0.480 e. The van der Waals surface area contributed by atoms with Gasteiger partial charge in [0.1, 0.15) is 6.04 Å². The third-order valence-corrected chi connectivity index (χ3v) is 6.48. The fraction of sp³-hybridized carbons (Fsp3) is 0.393. The van der Waals surface area contributed by atoms with Gasteiger partial charge < -0.3 is 30.7 Å². The molecule has 1 heterocycles. The SMILES string of the molecule is CC=CC=CC=CC1=CC2=C(Cl)C(=O)C(C)(OC(=O)CC(O)CC(C)O)C(=O)C2=CN1C(CCC(N)=O)C(=O)O. The van der Waals surface area contributed by atoms with Gasteiger partial charge in [-0.05, 0) is 45.8 Å². The molecule has 12 heteroatoms. The van der Waals surface area contributed by atoms with Crippen molar-refractivity contribution in [3.05, 3.63) is 70.6 Å². The van der Waals surface area contributed by atoms with Crippen molar-refractivity contribution in [2.24, 2.45) is 5.73 Å². The normalized spacial score (nSPS) is 21.9. The van der Waals surface area contributed by atoms with Gasteiger partial charge in [-0.3, -0.25) is 19.2 Å². The minimum absolute atomic E-state index is 0.00621. The molecule has 1 amide bonds. The summed E-state index contributed by atoms with van der Waals surface area (Å²) in [5.41, 5.74) is 2.92. The lowest BCUT2D eigenvalue weighted by Gasteiger charge is -2.37. The van der Waals surface area contributed by atoms with E-state index in [1.165, 1.54) is 30.2 Å². The third kappa shape index (κ3) is 7.87. The van der Waals surface area contributed by atoms with Crippen molar-refractivity contribution < 1.29 is 44.0 Å². The molecule has 0 aromatic rings. The highest BCUT2D eigenvalue weighted by Gasteiger charge is 2.53. The molecule has 0 spiro atoms. The number of aliphatic hydroxyl groups is 2. The summed E-state index contributed by atoms with van der Waals surface area (Å²) in [6.07, 6.45) is 9.31. The van der Waals surface area contributed by atoms with Crippen LogP contribution in [0.15, 0.2) is 70.6 Å². The molecule has 5 N–H and O–H groups in total. The van der Waals surface area contributed by atoms with Gasteiger partial charge in [-0.1, -0.05) is 42.0 Å². The number of aliphatic carboxylic acids is 1. The Kier molecular flexibility index (Phi) is 11.4. The summed E-state index contributed by atoms with van der Waals surface area (Å²) < 4.78 is 5.24. The number of fused-ring (bicyclic) bond motifs is 1. The second-order valence-corrected chi connectivity index (χ2v) is 9.86. The molecule has 11 nitrogen and oxygen atoms in total. The van der Waals surface area contributed by atoms with Crippen LogP contribution in [-0.4, -0.2) is 73.5 Å². The molecule has 0 radical (unpaired) electrons. The number of rotatable bonds is 13. The Morgan fingerprint density at radius 2 is 1.80 bits per heavy atom. The zero-order valence-electron chi connectivity index (χ0n) is 22.4. The van der Waals surface area contributed by atoms with Gasteiger partial charge in [0, 0.05) is 29.5 Å². The number of hydrogen-bond donors (Lipinski definition) is 4. The van der Waals surface area contributed by atoms with Crippen LogP contribution in [0.25, 0.3) is 0 Å². The first kappa shape index (κ1) is 32.4.